The van der Waals surface area contributed by atoms with Crippen LogP contribution in [-0.2, 0) is 20.0 Å². The SMILES string of the molecule is Cc1ccc(S(=O)(=O)NNC(=O)c2ccc(NS(=O)(=O)c3cccs3)cc2)cc1C. The monoisotopic (exact) mass is 465 g/mol. The normalized spacial score (nSPS) is 11.8. The van der Waals surface area contributed by atoms with Crippen LogP contribution in [-0.4, -0.2) is 22.7 Å². The van der Waals surface area contributed by atoms with E-state index in [4.69, 9.17) is 0 Å². The maximum Gasteiger partial charge on any atom is 0.271 e. The lowest BCUT2D eigenvalue weighted by molar-refractivity contribution is 0.0945. The topological polar surface area (TPSA) is 121 Å². The summed E-state index contributed by atoms with van der Waals surface area (Å²) in [5, 5.41) is 1.65. The van der Waals surface area contributed by atoms with Crippen molar-refractivity contribution < 1.29 is 21.6 Å². The van der Waals surface area contributed by atoms with Crippen molar-refractivity contribution in [3.05, 3.63) is 76.7 Å². The molecule has 1 amide bonds. The summed E-state index contributed by atoms with van der Waals surface area (Å²) in [6, 6.07) is 13.3. The molecule has 0 fully saturated rings. The number of anilines is 1. The van der Waals surface area contributed by atoms with Crippen molar-refractivity contribution in [3.8, 4) is 0 Å². The Bertz CT molecular complexity index is 1270. The first-order valence-corrected chi connectivity index (χ1v) is 12.5. The van der Waals surface area contributed by atoms with E-state index in [2.05, 4.69) is 15.0 Å². The van der Waals surface area contributed by atoms with E-state index in [0.717, 1.165) is 22.5 Å². The van der Waals surface area contributed by atoms with Gasteiger partial charge in [-0.3, -0.25) is 14.9 Å². The van der Waals surface area contributed by atoms with Gasteiger partial charge in [0.15, 0.2) is 0 Å². The van der Waals surface area contributed by atoms with E-state index >= 15 is 0 Å². The number of hydrogen-bond acceptors (Lipinski definition) is 6. The summed E-state index contributed by atoms with van der Waals surface area (Å²) in [5.41, 5.74) is 4.33. The van der Waals surface area contributed by atoms with E-state index in [-0.39, 0.29) is 20.4 Å². The lowest BCUT2D eigenvalue weighted by Gasteiger charge is -2.10. The predicted molar refractivity (Wildman–Crippen MR) is 115 cm³/mol. The summed E-state index contributed by atoms with van der Waals surface area (Å²) < 4.78 is 51.7. The molecule has 3 N–H and O–H groups in total. The van der Waals surface area contributed by atoms with Crippen molar-refractivity contribution in [2.45, 2.75) is 23.0 Å². The van der Waals surface area contributed by atoms with Crippen molar-refractivity contribution in [1.82, 2.24) is 10.3 Å². The van der Waals surface area contributed by atoms with Gasteiger partial charge in [-0.15, -0.1) is 16.2 Å². The Morgan fingerprint density at radius 3 is 2.17 bits per heavy atom. The zero-order valence-corrected chi connectivity index (χ0v) is 18.5. The van der Waals surface area contributed by atoms with Gasteiger partial charge in [0.2, 0.25) is 0 Å². The number of benzene rings is 2. The van der Waals surface area contributed by atoms with Crippen LogP contribution in [0.1, 0.15) is 21.5 Å². The Balaban J connectivity index is 1.65. The second-order valence-corrected chi connectivity index (χ2v) is 11.0. The number of rotatable bonds is 7. The molecule has 0 atom stereocenters. The molecule has 158 valence electrons. The molecule has 2 aromatic carbocycles. The van der Waals surface area contributed by atoms with Crippen molar-refractivity contribution in [2.75, 3.05) is 4.72 Å². The molecule has 3 aromatic rings. The fourth-order valence-corrected chi connectivity index (χ4v) is 5.41. The third-order valence-electron chi connectivity index (χ3n) is 4.25. The molecule has 0 saturated carbocycles. The fourth-order valence-electron chi connectivity index (χ4n) is 2.44. The zero-order chi connectivity index (χ0) is 21.9. The molecule has 1 aromatic heterocycles. The molecule has 0 aliphatic carbocycles. The van der Waals surface area contributed by atoms with Crippen molar-refractivity contribution in [3.63, 3.8) is 0 Å². The molecule has 3 rings (SSSR count). The first kappa shape index (κ1) is 22.0. The van der Waals surface area contributed by atoms with Gasteiger partial charge in [0.05, 0.1) is 4.90 Å². The first-order chi connectivity index (χ1) is 14.1. The lowest BCUT2D eigenvalue weighted by atomic mass is 10.1. The number of nitrogens with one attached hydrogen (secondary N) is 3. The predicted octanol–water partition coefficient (Wildman–Crippen LogP) is 2.79. The van der Waals surface area contributed by atoms with Gasteiger partial charge < -0.3 is 0 Å². The third kappa shape index (κ3) is 5.05. The number of amides is 1. The van der Waals surface area contributed by atoms with Crippen LogP contribution in [0, 0.1) is 13.8 Å². The highest BCUT2D eigenvalue weighted by Crippen LogP contribution is 2.20. The van der Waals surface area contributed by atoms with Crippen LogP contribution >= 0.6 is 11.3 Å². The number of hydrogen-bond donors (Lipinski definition) is 3. The first-order valence-electron chi connectivity index (χ1n) is 8.64. The highest BCUT2D eigenvalue weighted by Gasteiger charge is 2.18. The van der Waals surface area contributed by atoms with Crippen LogP contribution in [0.15, 0.2) is 69.1 Å². The molecule has 11 heteroatoms. The van der Waals surface area contributed by atoms with E-state index < -0.39 is 26.0 Å². The smallest absolute Gasteiger partial charge is 0.271 e. The molecule has 0 bridgehead atoms. The van der Waals surface area contributed by atoms with Crippen LogP contribution in [0.25, 0.3) is 0 Å². The minimum atomic E-state index is -3.93. The van der Waals surface area contributed by atoms with Gasteiger partial charge in [-0.25, -0.2) is 16.8 Å². The number of aryl methyl sites for hydroxylation is 2. The summed E-state index contributed by atoms with van der Waals surface area (Å²) in [4.78, 5) is 14.3. The Kier molecular flexibility index (Phi) is 6.27. The van der Waals surface area contributed by atoms with Crippen LogP contribution in [0.5, 0.6) is 0 Å². The molecule has 0 unspecified atom stereocenters. The minimum absolute atomic E-state index is 0.0317. The maximum absolute atomic E-state index is 12.4. The summed E-state index contributed by atoms with van der Waals surface area (Å²) in [7, 11) is -7.63. The summed E-state index contributed by atoms with van der Waals surface area (Å²) in [5.74, 6) is -0.685. The summed E-state index contributed by atoms with van der Waals surface area (Å²) in [6.07, 6.45) is 0. The van der Waals surface area contributed by atoms with Gasteiger partial charge in [-0.1, -0.05) is 12.1 Å². The van der Waals surface area contributed by atoms with Crippen LogP contribution < -0.4 is 15.0 Å². The highest BCUT2D eigenvalue weighted by molar-refractivity contribution is 7.94. The highest BCUT2D eigenvalue weighted by atomic mass is 32.2. The number of sulfonamides is 2. The third-order valence-corrected chi connectivity index (χ3v) is 8.27. The number of carbonyl (C=O) groups excluding carboxylic acids is 1. The lowest BCUT2D eigenvalue weighted by Crippen LogP contribution is -2.41. The molecule has 0 aliphatic heterocycles. The van der Waals surface area contributed by atoms with Crippen molar-refractivity contribution in [2.24, 2.45) is 0 Å². The standard InChI is InChI=1S/C19H19N3O5S3/c1-13-5-10-17(12-14(13)2)29(24,25)22-20-19(23)15-6-8-16(9-7-15)21-30(26,27)18-4-3-11-28-18/h3-12,21-22H,1-2H3,(H,20,23). The molecule has 0 spiro atoms. The second-order valence-electron chi connectivity index (χ2n) is 6.42. The van der Waals surface area contributed by atoms with Crippen LogP contribution in [0.4, 0.5) is 5.69 Å². The van der Waals surface area contributed by atoms with Gasteiger partial charge in [-0.05, 0) is 72.8 Å². The second kappa shape index (κ2) is 8.56. The molecule has 0 radical (unpaired) electrons. The average molecular weight is 466 g/mol. The Hall–Kier alpha value is -2.73. The molecular formula is C19H19N3O5S3. The van der Waals surface area contributed by atoms with Gasteiger partial charge in [0, 0.05) is 11.3 Å². The maximum atomic E-state index is 12.4. The van der Waals surface area contributed by atoms with Gasteiger partial charge >= 0.3 is 0 Å². The fraction of sp³-hybridized carbons (Fsp3) is 0.105. The van der Waals surface area contributed by atoms with Crippen molar-refractivity contribution >= 4 is 43.0 Å². The zero-order valence-electron chi connectivity index (χ0n) is 16.0. The Morgan fingerprint density at radius 2 is 1.57 bits per heavy atom. The summed E-state index contributed by atoms with van der Waals surface area (Å²) in [6.45, 7) is 3.66. The van der Waals surface area contributed by atoms with E-state index in [1.165, 1.54) is 42.5 Å². The van der Waals surface area contributed by atoms with Crippen LogP contribution in [0.2, 0.25) is 0 Å². The molecule has 30 heavy (non-hydrogen) atoms. The number of hydrazine groups is 1. The Morgan fingerprint density at radius 1 is 0.867 bits per heavy atom. The largest absolute Gasteiger partial charge is 0.279 e. The van der Waals surface area contributed by atoms with E-state index in [1.807, 2.05) is 6.92 Å². The number of carbonyl (C=O) groups is 1. The molecule has 0 aliphatic rings. The van der Waals surface area contributed by atoms with Gasteiger partial charge in [0.1, 0.15) is 4.21 Å². The quantitative estimate of drug-likeness (QED) is 0.463. The van der Waals surface area contributed by atoms with Crippen molar-refractivity contribution in [1.29, 1.82) is 0 Å². The molecule has 8 nitrogen and oxygen atoms in total. The van der Waals surface area contributed by atoms with Crippen LogP contribution in [0.3, 0.4) is 0 Å². The molecule has 0 saturated heterocycles. The van der Waals surface area contributed by atoms with E-state index in [9.17, 15) is 21.6 Å². The van der Waals surface area contributed by atoms with Gasteiger partial charge in [-0.2, -0.15) is 0 Å². The van der Waals surface area contributed by atoms with E-state index in [1.54, 1.807) is 24.4 Å². The van der Waals surface area contributed by atoms with Gasteiger partial charge in [0.25, 0.3) is 26.0 Å². The number of thiophene rings is 1. The molecular weight excluding hydrogens is 446 g/mol. The molecule has 1 heterocycles. The van der Waals surface area contributed by atoms with E-state index in [0.29, 0.717) is 0 Å². The Labute approximate surface area is 179 Å². The summed E-state index contributed by atoms with van der Waals surface area (Å²) >= 11 is 1.09. The average Bonchev–Trinajstić information content (AvgIpc) is 3.24. The minimum Gasteiger partial charge on any atom is -0.279 e.